The molecule has 0 N–H and O–H groups in total. The van der Waals surface area contributed by atoms with Crippen molar-refractivity contribution in [1.82, 2.24) is 4.90 Å². The SMILES string of the molecule is CCN1C(=O)C/C(=C/F)C1=O. The number of likely N-dealkylation sites (N-methyl/N-ethyl adjacent to an activating group) is 1. The highest BCUT2D eigenvalue weighted by Crippen LogP contribution is 2.17. The van der Waals surface area contributed by atoms with E-state index < -0.39 is 5.91 Å². The van der Waals surface area contributed by atoms with Crippen LogP contribution in [0.4, 0.5) is 4.39 Å². The Hall–Kier alpha value is -1.19. The molecule has 2 amide bonds. The topological polar surface area (TPSA) is 37.4 Å². The summed E-state index contributed by atoms with van der Waals surface area (Å²) in [4.78, 5) is 22.9. The third-order valence-electron chi connectivity index (χ3n) is 1.61. The van der Waals surface area contributed by atoms with Crippen molar-refractivity contribution in [2.24, 2.45) is 0 Å². The predicted molar refractivity (Wildman–Crippen MR) is 36.2 cm³/mol. The van der Waals surface area contributed by atoms with Crippen LogP contribution in [0.2, 0.25) is 0 Å². The van der Waals surface area contributed by atoms with Crippen LogP contribution in [0.15, 0.2) is 11.9 Å². The van der Waals surface area contributed by atoms with E-state index in [1.165, 1.54) is 0 Å². The second-order valence-electron chi connectivity index (χ2n) is 2.25. The zero-order valence-corrected chi connectivity index (χ0v) is 6.13. The van der Waals surface area contributed by atoms with Crippen LogP contribution >= 0.6 is 0 Å². The molecule has 0 aromatic heterocycles. The van der Waals surface area contributed by atoms with Gasteiger partial charge in [-0.1, -0.05) is 0 Å². The second-order valence-corrected chi connectivity index (χ2v) is 2.25. The Morgan fingerprint density at radius 1 is 1.64 bits per heavy atom. The van der Waals surface area contributed by atoms with Gasteiger partial charge in [-0.15, -0.1) is 0 Å². The lowest BCUT2D eigenvalue weighted by Gasteiger charge is -2.07. The Morgan fingerprint density at radius 2 is 2.27 bits per heavy atom. The average Bonchev–Trinajstić information content (AvgIpc) is 2.26. The highest BCUT2D eigenvalue weighted by atomic mass is 19.1. The molecule has 0 aromatic carbocycles. The van der Waals surface area contributed by atoms with Crippen LogP contribution in [0.5, 0.6) is 0 Å². The summed E-state index contributed by atoms with van der Waals surface area (Å²) in [7, 11) is 0. The minimum atomic E-state index is -0.500. The summed E-state index contributed by atoms with van der Waals surface area (Å²) in [6, 6.07) is 0. The largest absolute Gasteiger partial charge is 0.279 e. The first-order valence-corrected chi connectivity index (χ1v) is 3.34. The summed E-state index contributed by atoms with van der Waals surface area (Å²) in [5.41, 5.74) is -0.0446. The van der Waals surface area contributed by atoms with E-state index in [0.29, 0.717) is 6.54 Å². The molecule has 0 unspecified atom stereocenters. The predicted octanol–water partition coefficient (Wildman–Crippen LogP) is 0.619. The van der Waals surface area contributed by atoms with Crippen molar-refractivity contribution in [3.05, 3.63) is 11.9 Å². The summed E-state index contributed by atoms with van der Waals surface area (Å²) >= 11 is 0. The molecule has 1 heterocycles. The molecule has 3 nitrogen and oxygen atoms in total. The molecule has 0 saturated carbocycles. The standard InChI is InChI=1S/C7H8FNO2/c1-2-9-6(10)3-5(4-8)7(9)11/h4H,2-3H2,1H3/b5-4-. The molecule has 60 valence electrons. The number of imide groups is 1. The molecule has 0 radical (unpaired) electrons. The Morgan fingerprint density at radius 3 is 2.55 bits per heavy atom. The number of rotatable bonds is 1. The van der Waals surface area contributed by atoms with Crippen molar-refractivity contribution in [3.8, 4) is 0 Å². The lowest BCUT2D eigenvalue weighted by molar-refractivity contribution is -0.137. The van der Waals surface area contributed by atoms with Crippen molar-refractivity contribution < 1.29 is 14.0 Å². The molecule has 0 atom stereocenters. The van der Waals surface area contributed by atoms with Crippen LogP contribution < -0.4 is 0 Å². The van der Waals surface area contributed by atoms with Crippen LogP contribution in [0.1, 0.15) is 13.3 Å². The first-order valence-electron chi connectivity index (χ1n) is 3.34. The summed E-state index contributed by atoms with van der Waals surface area (Å²) in [5.74, 6) is -0.818. The second kappa shape index (κ2) is 2.82. The first-order chi connectivity index (χ1) is 5.20. The van der Waals surface area contributed by atoms with Crippen LogP contribution in [0.25, 0.3) is 0 Å². The highest BCUT2D eigenvalue weighted by Gasteiger charge is 2.32. The van der Waals surface area contributed by atoms with Gasteiger partial charge in [0.2, 0.25) is 5.91 Å². The molecule has 0 spiro atoms. The van der Waals surface area contributed by atoms with Crippen molar-refractivity contribution in [2.45, 2.75) is 13.3 Å². The van der Waals surface area contributed by atoms with Gasteiger partial charge in [0.25, 0.3) is 5.91 Å². The van der Waals surface area contributed by atoms with Crippen molar-refractivity contribution in [3.63, 3.8) is 0 Å². The molecule has 1 saturated heterocycles. The third-order valence-corrected chi connectivity index (χ3v) is 1.61. The highest BCUT2D eigenvalue weighted by molar-refractivity contribution is 6.13. The maximum atomic E-state index is 11.9. The first kappa shape index (κ1) is 7.91. The normalized spacial score (nSPS) is 22.0. The zero-order valence-electron chi connectivity index (χ0n) is 6.13. The number of hydrogen-bond acceptors (Lipinski definition) is 2. The molecule has 1 rings (SSSR count). The van der Waals surface area contributed by atoms with Gasteiger partial charge in [-0.2, -0.15) is 0 Å². The third kappa shape index (κ3) is 1.15. The van der Waals surface area contributed by atoms with Gasteiger partial charge in [-0.3, -0.25) is 14.5 Å². The molecule has 4 heteroatoms. The van der Waals surface area contributed by atoms with E-state index in [-0.39, 0.29) is 24.2 Å². The van der Waals surface area contributed by atoms with Gasteiger partial charge < -0.3 is 0 Å². The molecule has 1 aliphatic heterocycles. The Kier molecular flexibility index (Phi) is 2.03. The van der Waals surface area contributed by atoms with Gasteiger partial charge in [0.05, 0.1) is 18.3 Å². The van der Waals surface area contributed by atoms with Crippen molar-refractivity contribution in [1.29, 1.82) is 0 Å². The number of halogens is 1. The lowest BCUT2D eigenvalue weighted by atomic mass is 10.2. The Balaban J connectivity index is 2.88. The molecule has 11 heavy (non-hydrogen) atoms. The Labute approximate surface area is 63.5 Å². The van der Waals surface area contributed by atoms with E-state index in [9.17, 15) is 14.0 Å². The smallest absolute Gasteiger partial charge is 0.259 e. The van der Waals surface area contributed by atoms with Crippen LogP contribution in [-0.2, 0) is 9.59 Å². The molecule has 0 aromatic rings. The molecular formula is C7H8FNO2. The minimum absolute atomic E-state index is 0.0446. The summed E-state index contributed by atoms with van der Waals surface area (Å²) in [6.07, 6.45) is 0.110. The number of carbonyl (C=O) groups excluding carboxylic acids is 2. The number of nitrogens with zero attached hydrogens (tertiary/aromatic N) is 1. The molecule has 0 bridgehead atoms. The number of carbonyl (C=O) groups is 2. The monoisotopic (exact) mass is 157 g/mol. The van der Waals surface area contributed by atoms with Gasteiger partial charge in [-0.05, 0) is 6.92 Å². The lowest BCUT2D eigenvalue weighted by Crippen LogP contribution is -2.28. The molecule has 1 aliphatic rings. The van der Waals surface area contributed by atoms with E-state index in [2.05, 4.69) is 0 Å². The quantitative estimate of drug-likeness (QED) is 0.413. The molecule has 0 aliphatic carbocycles. The summed E-state index contributed by atoms with van der Waals surface area (Å²) in [6.45, 7) is 1.99. The minimum Gasteiger partial charge on any atom is -0.279 e. The Bertz CT molecular complexity index is 235. The van der Waals surface area contributed by atoms with E-state index in [0.717, 1.165) is 4.90 Å². The van der Waals surface area contributed by atoms with Crippen LogP contribution in [0.3, 0.4) is 0 Å². The van der Waals surface area contributed by atoms with Gasteiger partial charge in [-0.25, -0.2) is 4.39 Å². The van der Waals surface area contributed by atoms with E-state index in [4.69, 9.17) is 0 Å². The van der Waals surface area contributed by atoms with Gasteiger partial charge in [0, 0.05) is 6.54 Å². The average molecular weight is 157 g/mol. The molecular weight excluding hydrogens is 149 g/mol. The zero-order chi connectivity index (χ0) is 8.43. The fourth-order valence-electron chi connectivity index (χ4n) is 1.03. The summed E-state index contributed by atoms with van der Waals surface area (Å²) < 4.78 is 11.9. The van der Waals surface area contributed by atoms with Gasteiger partial charge in [0.15, 0.2) is 0 Å². The maximum absolute atomic E-state index is 11.9. The number of hydrogen-bond donors (Lipinski definition) is 0. The maximum Gasteiger partial charge on any atom is 0.259 e. The molecule has 1 fully saturated rings. The number of likely N-dealkylation sites (tertiary alicyclic amines) is 1. The van der Waals surface area contributed by atoms with Crippen LogP contribution in [0, 0.1) is 0 Å². The van der Waals surface area contributed by atoms with E-state index in [1.54, 1.807) is 6.92 Å². The number of amides is 2. The fourth-order valence-corrected chi connectivity index (χ4v) is 1.03. The van der Waals surface area contributed by atoms with E-state index >= 15 is 0 Å². The van der Waals surface area contributed by atoms with E-state index in [1.807, 2.05) is 0 Å². The van der Waals surface area contributed by atoms with Gasteiger partial charge >= 0.3 is 0 Å². The van der Waals surface area contributed by atoms with Crippen LogP contribution in [-0.4, -0.2) is 23.3 Å². The fraction of sp³-hybridized carbons (Fsp3) is 0.429. The van der Waals surface area contributed by atoms with Crippen molar-refractivity contribution in [2.75, 3.05) is 6.54 Å². The van der Waals surface area contributed by atoms with Crippen molar-refractivity contribution >= 4 is 11.8 Å². The van der Waals surface area contributed by atoms with Gasteiger partial charge in [0.1, 0.15) is 0 Å². The summed E-state index contributed by atoms with van der Waals surface area (Å²) in [5, 5.41) is 0.